The van der Waals surface area contributed by atoms with Gasteiger partial charge in [0.25, 0.3) is 0 Å². The van der Waals surface area contributed by atoms with Gasteiger partial charge in [-0.25, -0.2) is 0 Å². The van der Waals surface area contributed by atoms with Crippen LogP contribution < -0.4 is 14.8 Å². The summed E-state index contributed by atoms with van der Waals surface area (Å²) >= 11 is 0. The molecule has 3 aliphatic rings. The van der Waals surface area contributed by atoms with Crippen molar-refractivity contribution in [3.63, 3.8) is 0 Å². The minimum Gasteiger partial charge on any atom is -0.496 e. The molecule has 0 amide bonds. The van der Waals surface area contributed by atoms with Crippen LogP contribution >= 0.6 is 0 Å². The zero-order chi connectivity index (χ0) is 21.0. The van der Waals surface area contributed by atoms with E-state index in [1.807, 2.05) is 18.2 Å². The Hall–Kier alpha value is -2.75. The molecule has 30 heavy (non-hydrogen) atoms. The zero-order valence-electron chi connectivity index (χ0n) is 18.2. The lowest BCUT2D eigenvalue weighted by atomic mass is 9.75. The van der Waals surface area contributed by atoms with Gasteiger partial charge >= 0.3 is 0 Å². The van der Waals surface area contributed by atoms with Crippen LogP contribution in [0.25, 0.3) is 16.7 Å². The summed E-state index contributed by atoms with van der Waals surface area (Å²) in [6, 6.07) is 10.2. The molecule has 0 spiro atoms. The summed E-state index contributed by atoms with van der Waals surface area (Å²) in [7, 11) is 1.69. The molecule has 1 N–H and O–H groups in total. The van der Waals surface area contributed by atoms with Crippen LogP contribution in [0, 0.1) is 5.92 Å². The third-order valence-corrected chi connectivity index (χ3v) is 6.66. The molecule has 2 aromatic carbocycles. The molecule has 2 aromatic rings. The molecule has 2 heterocycles. The van der Waals surface area contributed by atoms with Crippen molar-refractivity contribution in [3.8, 4) is 22.6 Å². The number of hydrogen-bond donors (Lipinski definition) is 1. The zero-order valence-corrected chi connectivity index (χ0v) is 18.2. The predicted octanol–water partition coefficient (Wildman–Crippen LogP) is 6.16. The fourth-order valence-corrected chi connectivity index (χ4v) is 5.51. The van der Waals surface area contributed by atoms with E-state index < -0.39 is 0 Å². The Morgan fingerprint density at radius 3 is 2.73 bits per heavy atom. The first-order valence-corrected chi connectivity index (χ1v) is 10.9. The van der Waals surface area contributed by atoms with Gasteiger partial charge in [0.15, 0.2) is 0 Å². The third kappa shape index (κ3) is 2.92. The molecule has 2 unspecified atom stereocenters. The monoisotopic (exact) mass is 403 g/mol. The lowest BCUT2D eigenvalue weighted by molar-refractivity contribution is -0.128. The van der Waals surface area contributed by atoms with E-state index in [1.165, 1.54) is 11.1 Å². The van der Waals surface area contributed by atoms with E-state index >= 15 is 0 Å². The first-order valence-electron chi connectivity index (χ1n) is 10.9. The van der Waals surface area contributed by atoms with Gasteiger partial charge in [0.05, 0.1) is 24.1 Å². The fourth-order valence-electron chi connectivity index (χ4n) is 5.51. The highest BCUT2D eigenvalue weighted by atomic mass is 16.5. The molecule has 0 radical (unpaired) electrons. The van der Waals surface area contributed by atoms with Crippen LogP contribution in [0.5, 0.6) is 11.5 Å². The maximum absolute atomic E-state index is 13.0. The number of Topliss-reactive ketones (excluding diaryl/α,β-unsaturated/α-hetero) is 1. The van der Waals surface area contributed by atoms with Crippen LogP contribution in [0.2, 0.25) is 0 Å². The van der Waals surface area contributed by atoms with Gasteiger partial charge in [0.2, 0.25) is 0 Å². The van der Waals surface area contributed by atoms with E-state index in [-0.39, 0.29) is 17.6 Å². The topological polar surface area (TPSA) is 47.6 Å². The molecule has 1 saturated carbocycles. The summed E-state index contributed by atoms with van der Waals surface area (Å²) < 4.78 is 12.3. The van der Waals surface area contributed by atoms with Gasteiger partial charge in [-0.1, -0.05) is 24.6 Å². The number of allylic oxidation sites excluding steroid dienone is 1. The van der Waals surface area contributed by atoms with Crippen molar-refractivity contribution in [2.24, 2.45) is 5.92 Å². The number of carbonyl (C=O) groups excluding carboxylic acids is 1. The number of fused-ring (bicyclic) bond motifs is 5. The number of hydrogen-bond acceptors (Lipinski definition) is 4. The Balaban J connectivity index is 1.78. The lowest BCUT2D eigenvalue weighted by Gasteiger charge is -2.40. The lowest BCUT2D eigenvalue weighted by Crippen LogP contribution is -2.35. The summed E-state index contributed by atoms with van der Waals surface area (Å²) in [5.41, 5.74) is 6.61. The number of nitrogens with one attached hydrogen (secondary N) is 1. The summed E-state index contributed by atoms with van der Waals surface area (Å²) in [4.78, 5) is 13.0. The van der Waals surface area contributed by atoms with Crippen molar-refractivity contribution in [1.82, 2.24) is 0 Å². The van der Waals surface area contributed by atoms with Crippen LogP contribution in [0.15, 0.2) is 36.4 Å². The summed E-state index contributed by atoms with van der Waals surface area (Å²) in [6.07, 6.45) is 5.60. The van der Waals surface area contributed by atoms with Gasteiger partial charge < -0.3 is 14.8 Å². The van der Waals surface area contributed by atoms with Gasteiger partial charge in [-0.15, -0.1) is 0 Å². The number of ketones is 1. The minimum atomic E-state index is -0.270. The van der Waals surface area contributed by atoms with Crippen molar-refractivity contribution in [1.29, 1.82) is 0 Å². The molecule has 4 heteroatoms. The van der Waals surface area contributed by atoms with E-state index in [0.717, 1.165) is 53.1 Å². The summed E-state index contributed by atoms with van der Waals surface area (Å²) in [5.74, 6) is 1.82. The van der Waals surface area contributed by atoms with Gasteiger partial charge in [-0.2, -0.15) is 0 Å². The molecule has 0 saturated heterocycles. The number of benzene rings is 2. The second-order valence-electron chi connectivity index (χ2n) is 9.31. The molecule has 4 nitrogen and oxygen atoms in total. The second-order valence-corrected chi connectivity index (χ2v) is 9.31. The molecular formula is C26H29NO3. The van der Waals surface area contributed by atoms with E-state index in [0.29, 0.717) is 12.2 Å². The van der Waals surface area contributed by atoms with Crippen LogP contribution in [-0.2, 0) is 4.79 Å². The Morgan fingerprint density at radius 2 is 1.97 bits per heavy atom. The number of anilines is 1. The molecule has 0 aromatic heterocycles. The molecule has 1 aliphatic carbocycles. The number of carbonyl (C=O) groups is 1. The fraction of sp³-hybridized carbons (Fsp3) is 0.423. The van der Waals surface area contributed by atoms with Gasteiger partial charge in [0, 0.05) is 23.2 Å². The second kappa shape index (κ2) is 6.90. The van der Waals surface area contributed by atoms with Crippen LogP contribution in [-0.4, -0.2) is 18.4 Å². The van der Waals surface area contributed by atoms with Crippen LogP contribution in [0.1, 0.15) is 63.7 Å². The van der Waals surface area contributed by atoms with Crippen molar-refractivity contribution >= 4 is 17.0 Å². The Labute approximate surface area is 178 Å². The summed E-state index contributed by atoms with van der Waals surface area (Å²) in [6.45, 7) is 6.52. The highest BCUT2D eigenvalue weighted by Gasteiger charge is 2.41. The van der Waals surface area contributed by atoms with E-state index in [4.69, 9.17) is 9.47 Å². The summed E-state index contributed by atoms with van der Waals surface area (Å²) in [5, 5.41) is 3.66. The Morgan fingerprint density at radius 1 is 1.13 bits per heavy atom. The van der Waals surface area contributed by atoms with E-state index in [1.54, 1.807) is 7.11 Å². The van der Waals surface area contributed by atoms with Gasteiger partial charge in [-0.3, -0.25) is 4.79 Å². The average molecular weight is 404 g/mol. The molecule has 0 bridgehead atoms. The molecule has 2 atom stereocenters. The maximum atomic E-state index is 13.0. The van der Waals surface area contributed by atoms with E-state index in [2.05, 4.69) is 44.3 Å². The molecular weight excluding hydrogens is 374 g/mol. The highest BCUT2D eigenvalue weighted by molar-refractivity contribution is 5.92. The number of methoxy groups -OCH3 is 1. The maximum Gasteiger partial charge on any atom is 0.140 e. The first-order chi connectivity index (χ1) is 14.4. The van der Waals surface area contributed by atoms with Crippen molar-refractivity contribution in [2.75, 3.05) is 12.4 Å². The van der Waals surface area contributed by atoms with Crippen LogP contribution in [0.3, 0.4) is 0 Å². The SMILES string of the molecule is COc1cccc2c1-c1ccc3c(c1C(C1CCCCC1=O)O2)C(C)=CC(C)(C)N3. The molecule has 1 fully saturated rings. The molecule has 156 valence electrons. The quantitative estimate of drug-likeness (QED) is 0.652. The molecule has 2 aliphatic heterocycles. The van der Waals surface area contributed by atoms with Gasteiger partial charge in [0.1, 0.15) is 23.4 Å². The highest BCUT2D eigenvalue weighted by Crippen LogP contribution is 2.54. The minimum absolute atomic E-state index is 0.105. The van der Waals surface area contributed by atoms with E-state index in [9.17, 15) is 4.79 Å². The standard InChI is InChI=1S/C26H29NO3/c1-15-14-26(2,3)27-18-13-12-17-23-20(29-4)10-7-11-21(23)30-25(24(17)22(15)18)16-8-5-6-9-19(16)28/h7,10-14,16,25,27H,5-6,8-9H2,1-4H3. The molecule has 5 rings (SSSR count). The normalized spacial score (nSPS) is 23.9. The largest absolute Gasteiger partial charge is 0.496 e. The first kappa shape index (κ1) is 19.2. The Bertz CT molecular complexity index is 1070. The average Bonchev–Trinajstić information content (AvgIpc) is 2.71. The third-order valence-electron chi connectivity index (χ3n) is 6.66. The Kier molecular flexibility index (Phi) is 4.42. The smallest absolute Gasteiger partial charge is 0.140 e. The van der Waals surface area contributed by atoms with Crippen molar-refractivity contribution in [2.45, 2.75) is 58.1 Å². The van der Waals surface area contributed by atoms with Crippen LogP contribution in [0.4, 0.5) is 5.69 Å². The van der Waals surface area contributed by atoms with Gasteiger partial charge in [-0.05, 0) is 62.9 Å². The predicted molar refractivity (Wildman–Crippen MR) is 120 cm³/mol. The number of rotatable bonds is 2. The van der Waals surface area contributed by atoms with Crippen molar-refractivity contribution in [3.05, 3.63) is 47.5 Å². The van der Waals surface area contributed by atoms with Crippen molar-refractivity contribution < 1.29 is 14.3 Å². The number of ether oxygens (including phenoxy) is 2.